The molecule has 0 atom stereocenters. The Balaban J connectivity index is 2.30. The lowest BCUT2D eigenvalue weighted by Crippen LogP contribution is -1.91. The van der Waals surface area contributed by atoms with Crippen molar-refractivity contribution in [3.05, 3.63) is 63.6 Å². The molecule has 1 N–H and O–H groups in total. The van der Waals surface area contributed by atoms with Crippen molar-refractivity contribution in [2.75, 3.05) is 0 Å². The highest BCUT2D eigenvalue weighted by Gasteiger charge is 2.05. The van der Waals surface area contributed by atoms with Gasteiger partial charge in [-0.05, 0) is 60.9 Å². The normalized spacial score (nSPS) is 10.8. The molecule has 21 heavy (non-hydrogen) atoms. The van der Waals surface area contributed by atoms with Crippen LogP contribution in [0.2, 0.25) is 0 Å². The summed E-state index contributed by atoms with van der Waals surface area (Å²) in [5, 5.41) is 8.67. The zero-order valence-electron chi connectivity index (χ0n) is 11.8. The predicted octanol–water partition coefficient (Wildman–Crippen LogP) is 4.96. The minimum absolute atomic E-state index is 0.716. The van der Waals surface area contributed by atoms with E-state index in [0.29, 0.717) is 5.75 Å². The predicted molar refractivity (Wildman–Crippen MR) is 86.8 cm³/mol. The summed E-state index contributed by atoms with van der Waals surface area (Å²) in [5.74, 6) is 0.524. The highest BCUT2D eigenvalue weighted by molar-refractivity contribution is 9.10. The number of ether oxygens (including phenoxy) is 1. The summed E-state index contributed by atoms with van der Waals surface area (Å²) >= 11 is 3.42. The first-order valence-electron chi connectivity index (χ1n) is 6.41. The number of aryl methyl sites for hydroxylation is 2. The second-order valence-electron chi connectivity index (χ2n) is 4.71. The van der Waals surface area contributed by atoms with Crippen LogP contribution in [-0.2, 0) is 4.79 Å². The van der Waals surface area contributed by atoms with Gasteiger partial charge in [0.2, 0.25) is 0 Å². The van der Waals surface area contributed by atoms with Crippen molar-refractivity contribution in [2.24, 2.45) is 0 Å². The lowest BCUT2D eigenvalue weighted by molar-refractivity contribution is -0.131. The number of aliphatic carboxylic acids is 1. The van der Waals surface area contributed by atoms with Gasteiger partial charge in [0.15, 0.2) is 0 Å². The van der Waals surface area contributed by atoms with Crippen molar-refractivity contribution in [1.82, 2.24) is 0 Å². The molecule has 0 aliphatic heterocycles. The fourth-order valence-corrected chi connectivity index (χ4v) is 2.32. The minimum Gasteiger partial charge on any atom is -0.478 e. The molecule has 0 aromatic heterocycles. The Morgan fingerprint density at radius 3 is 2.52 bits per heavy atom. The third-order valence-electron chi connectivity index (χ3n) is 2.99. The fraction of sp³-hybridized carbons (Fsp3) is 0.118. The van der Waals surface area contributed by atoms with Crippen LogP contribution < -0.4 is 4.74 Å². The summed E-state index contributed by atoms with van der Waals surface area (Å²) in [5.41, 5.74) is 2.80. The minimum atomic E-state index is -0.971. The summed E-state index contributed by atoms with van der Waals surface area (Å²) in [6, 6.07) is 11.4. The molecule has 108 valence electrons. The molecule has 2 rings (SSSR count). The largest absolute Gasteiger partial charge is 0.478 e. The number of rotatable bonds is 4. The summed E-state index contributed by atoms with van der Waals surface area (Å²) < 4.78 is 6.94. The first kappa shape index (κ1) is 15.3. The quantitative estimate of drug-likeness (QED) is 0.796. The zero-order valence-corrected chi connectivity index (χ0v) is 13.3. The van der Waals surface area contributed by atoms with Gasteiger partial charge < -0.3 is 9.84 Å². The van der Waals surface area contributed by atoms with E-state index in [0.717, 1.165) is 33.0 Å². The van der Waals surface area contributed by atoms with E-state index in [4.69, 9.17) is 9.84 Å². The van der Waals surface area contributed by atoms with Gasteiger partial charge in [-0.25, -0.2) is 4.79 Å². The summed E-state index contributed by atoms with van der Waals surface area (Å²) in [7, 11) is 0. The lowest BCUT2D eigenvalue weighted by atomic mass is 10.1. The Morgan fingerprint density at radius 2 is 1.86 bits per heavy atom. The van der Waals surface area contributed by atoms with Crippen LogP contribution in [0.25, 0.3) is 6.08 Å². The highest BCUT2D eigenvalue weighted by Crippen LogP contribution is 2.30. The number of halogens is 1. The topological polar surface area (TPSA) is 46.5 Å². The van der Waals surface area contributed by atoms with Crippen molar-refractivity contribution < 1.29 is 14.6 Å². The van der Waals surface area contributed by atoms with Crippen LogP contribution in [0.5, 0.6) is 11.5 Å². The monoisotopic (exact) mass is 346 g/mol. The molecule has 2 aromatic carbocycles. The van der Waals surface area contributed by atoms with Crippen molar-refractivity contribution in [3.63, 3.8) is 0 Å². The van der Waals surface area contributed by atoms with Crippen LogP contribution in [-0.4, -0.2) is 11.1 Å². The molecule has 0 saturated carbocycles. The number of hydrogen-bond donors (Lipinski definition) is 1. The SMILES string of the molecule is Cc1cc(Br)ccc1Oc1cc(/C=C/C(=O)O)ccc1C. The van der Waals surface area contributed by atoms with Gasteiger partial charge in [-0.1, -0.05) is 28.1 Å². The van der Waals surface area contributed by atoms with Gasteiger partial charge in [0.1, 0.15) is 11.5 Å². The van der Waals surface area contributed by atoms with Crippen LogP contribution in [0, 0.1) is 13.8 Å². The fourth-order valence-electron chi connectivity index (χ4n) is 1.84. The number of carboxylic acids is 1. The molecule has 0 saturated heterocycles. The van der Waals surface area contributed by atoms with Gasteiger partial charge in [0.05, 0.1) is 0 Å². The number of carbonyl (C=O) groups is 1. The van der Waals surface area contributed by atoms with Gasteiger partial charge in [0, 0.05) is 10.5 Å². The van der Waals surface area contributed by atoms with Gasteiger partial charge in [0.25, 0.3) is 0 Å². The number of carboxylic acid groups (broad SMARTS) is 1. The zero-order chi connectivity index (χ0) is 15.4. The Labute approximate surface area is 132 Å². The maximum Gasteiger partial charge on any atom is 0.328 e. The molecule has 0 heterocycles. The summed E-state index contributed by atoms with van der Waals surface area (Å²) in [6.45, 7) is 3.93. The molecule has 2 aromatic rings. The average Bonchev–Trinajstić information content (AvgIpc) is 2.42. The maximum absolute atomic E-state index is 10.6. The molecule has 0 aliphatic carbocycles. The molecule has 0 bridgehead atoms. The molecule has 0 amide bonds. The molecular formula is C17H15BrO3. The Kier molecular flexibility index (Phi) is 4.81. The van der Waals surface area contributed by atoms with Crippen LogP contribution in [0.3, 0.4) is 0 Å². The second-order valence-corrected chi connectivity index (χ2v) is 5.62. The molecular weight excluding hydrogens is 332 g/mol. The number of hydrogen-bond acceptors (Lipinski definition) is 2. The summed E-state index contributed by atoms with van der Waals surface area (Å²) in [4.78, 5) is 10.6. The Morgan fingerprint density at radius 1 is 1.10 bits per heavy atom. The van der Waals surface area contributed by atoms with E-state index in [-0.39, 0.29) is 0 Å². The van der Waals surface area contributed by atoms with Gasteiger partial charge in [-0.15, -0.1) is 0 Å². The van der Waals surface area contributed by atoms with Crippen molar-refractivity contribution in [1.29, 1.82) is 0 Å². The molecule has 0 radical (unpaired) electrons. The van der Waals surface area contributed by atoms with E-state index in [1.54, 1.807) is 6.08 Å². The van der Waals surface area contributed by atoms with E-state index in [2.05, 4.69) is 15.9 Å². The average molecular weight is 347 g/mol. The first-order chi connectivity index (χ1) is 9.95. The standard InChI is InChI=1S/C17H15BrO3/c1-11-3-4-13(5-8-17(19)20)10-16(11)21-15-7-6-14(18)9-12(15)2/h3-10H,1-2H3,(H,19,20)/b8-5+. The van der Waals surface area contributed by atoms with Crippen molar-refractivity contribution >= 4 is 28.0 Å². The smallest absolute Gasteiger partial charge is 0.328 e. The highest BCUT2D eigenvalue weighted by atomic mass is 79.9. The summed E-state index contributed by atoms with van der Waals surface area (Å²) in [6.07, 6.45) is 2.66. The van der Waals surface area contributed by atoms with Crippen LogP contribution in [0.15, 0.2) is 46.9 Å². The van der Waals surface area contributed by atoms with Crippen LogP contribution in [0.4, 0.5) is 0 Å². The molecule has 0 fully saturated rings. The van der Waals surface area contributed by atoms with Crippen molar-refractivity contribution in [3.8, 4) is 11.5 Å². The van der Waals surface area contributed by atoms with Gasteiger partial charge in [-0.2, -0.15) is 0 Å². The van der Waals surface area contributed by atoms with E-state index >= 15 is 0 Å². The van der Waals surface area contributed by atoms with Gasteiger partial charge in [-0.3, -0.25) is 0 Å². The first-order valence-corrected chi connectivity index (χ1v) is 7.20. The molecule has 0 spiro atoms. The second kappa shape index (κ2) is 6.59. The van der Waals surface area contributed by atoms with E-state index in [1.165, 1.54) is 0 Å². The van der Waals surface area contributed by atoms with E-state index in [1.807, 2.05) is 50.2 Å². The van der Waals surface area contributed by atoms with Crippen LogP contribution >= 0.6 is 15.9 Å². The van der Waals surface area contributed by atoms with E-state index in [9.17, 15) is 4.79 Å². The molecule has 4 heteroatoms. The van der Waals surface area contributed by atoms with Crippen LogP contribution in [0.1, 0.15) is 16.7 Å². The third kappa shape index (κ3) is 4.20. The molecule has 0 unspecified atom stereocenters. The molecule has 0 aliphatic rings. The van der Waals surface area contributed by atoms with Gasteiger partial charge >= 0.3 is 5.97 Å². The number of benzene rings is 2. The Hall–Kier alpha value is -2.07. The third-order valence-corrected chi connectivity index (χ3v) is 3.48. The van der Waals surface area contributed by atoms with Crippen molar-refractivity contribution in [2.45, 2.75) is 13.8 Å². The Bertz CT molecular complexity index is 705. The lowest BCUT2D eigenvalue weighted by Gasteiger charge is -2.12. The van der Waals surface area contributed by atoms with E-state index < -0.39 is 5.97 Å². The maximum atomic E-state index is 10.6. The molecule has 3 nitrogen and oxygen atoms in total.